The zero-order valence-electron chi connectivity index (χ0n) is 18.9. The van der Waals surface area contributed by atoms with Crippen LogP contribution in [0.15, 0.2) is 80.6 Å². The summed E-state index contributed by atoms with van der Waals surface area (Å²) < 4.78 is 17.1. The fourth-order valence-corrected chi connectivity index (χ4v) is 3.76. The molecule has 0 aliphatic heterocycles. The van der Waals surface area contributed by atoms with Gasteiger partial charge in [0.25, 0.3) is 6.01 Å². The number of amides is 1. The number of rotatable bonds is 6. The first-order valence-corrected chi connectivity index (χ1v) is 11.0. The largest absolute Gasteiger partial charge is 0.497 e. The average Bonchev–Trinajstić information content (AvgIpc) is 3.24. The number of nitrogen functional groups attached to an aromatic ring is 1. The van der Waals surface area contributed by atoms with Crippen molar-refractivity contribution in [1.82, 2.24) is 4.98 Å². The number of benzene rings is 3. The van der Waals surface area contributed by atoms with E-state index in [0.29, 0.717) is 44.9 Å². The van der Waals surface area contributed by atoms with Crippen LogP contribution in [0.2, 0.25) is 0 Å². The van der Waals surface area contributed by atoms with Crippen molar-refractivity contribution in [3.8, 4) is 17.1 Å². The van der Waals surface area contributed by atoms with E-state index in [4.69, 9.17) is 30.0 Å². The van der Waals surface area contributed by atoms with Crippen molar-refractivity contribution in [2.24, 2.45) is 10.7 Å². The lowest BCUT2D eigenvalue weighted by atomic mass is 10.1. The predicted molar refractivity (Wildman–Crippen MR) is 134 cm³/mol. The van der Waals surface area contributed by atoms with Gasteiger partial charge in [0.2, 0.25) is 5.91 Å². The molecule has 0 bridgehead atoms. The van der Waals surface area contributed by atoms with Gasteiger partial charge in [0.1, 0.15) is 22.6 Å². The number of ether oxygens (including phenoxy) is 1. The van der Waals surface area contributed by atoms with E-state index < -0.39 is 0 Å². The number of nitrogens with one attached hydrogen (secondary N) is 1. The molecule has 0 fully saturated rings. The van der Waals surface area contributed by atoms with Crippen LogP contribution in [0.3, 0.4) is 0 Å². The molecule has 0 saturated heterocycles. The second kappa shape index (κ2) is 9.32. The summed E-state index contributed by atoms with van der Waals surface area (Å²) in [7, 11) is 1.60. The first-order chi connectivity index (χ1) is 17.0. The van der Waals surface area contributed by atoms with Gasteiger partial charge in [-0.15, -0.1) is 0 Å². The molecule has 5 N–H and O–H groups in total. The second-order valence-corrected chi connectivity index (χ2v) is 7.81. The maximum Gasteiger partial charge on any atom is 0.292 e. The van der Waals surface area contributed by atoms with E-state index in [-0.39, 0.29) is 24.9 Å². The molecule has 0 aliphatic carbocycles. The fourth-order valence-electron chi connectivity index (χ4n) is 3.76. The normalized spacial score (nSPS) is 11.8. The summed E-state index contributed by atoms with van der Waals surface area (Å²) in [5.74, 6) is 1.06. The molecule has 9 heteroatoms. The van der Waals surface area contributed by atoms with Crippen molar-refractivity contribution in [2.45, 2.75) is 6.42 Å². The molecule has 0 radical (unpaired) electrons. The third-order valence-corrected chi connectivity index (χ3v) is 5.43. The van der Waals surface area contributed by atoms with E-state index in [2.05, 4.69) is 10.3 Å². The number of hydrogen-bond acceptors (Lipinski definition) is 8. The number of nitrogens with zero attached hydrogens (tertiary/aromatic N) is 2. The summed E-state index contributed by atoms with van der Waals surface area (Å²) in [4.78, 5) is 21.2. The summed E-state index contributed by atoms with van der Waals surface area (Å²) in [5, 5.41) is 4.27. The summed E-state index contributed by atoms with van der Waals surface area (Å²) in [6, 6.07) is 20.3. The second-order valence-electron chi connectivity index (χ2n) is 7.81. The highest BCUT2D eigenvalue weighted by Gasteiger charge is 2.12. The zero-order chi connectivity index (χ0) is 24.4. The van der Waals surface area contributed by atoms with E-state index in [9.17, 15) is 4.79 Å². The minimum absolute atomic E-state index is 0.101. The molecular formula is C26H23N5O4. The van der Waals surface area contributed by atoms with E-state index >= 15 is 0 Å². The number of anilines is 2. The van der Waals surface area contributed by atoms with Crippen molar-refractivity contribution >= 4 is 45.4 Å². The summed E-state index contributed by atoms with van der Waals surface area (Å²) in [6.45, 7) is 0.264. The SMILES string of the molecule is COc1ccc2oc(-c3ccc4nc(N)oc4c3)cc(=Nc3ccccc3NC(=O)CCN)c2c1. The minimum Gasteiger partial charge on any atom is -0.497 e. The molecule has 2 aromatic heterocycles. The van der Waals surface area contributed by atoms with Gasteiger partial charge < -0.3 is 30.4 Å². The van der Waals surface area contributed by atoms with Gasteiger partial charge in [-0.1, -0.05) is 12.1 Å². The Hall–Kier alpha value is -4.63. The Kier molecular flexibility index (Phi) is 5.90. The molecule has 35 heavy (non-hydrogen) atoms. The Labute approximate surface area is 200 Å². The number of fused-ring (bicyclic) bond motifs is 2. The lowest BCUT2D eigenvalue weighted by Crippen LogP contribution is -2.16. The third-order valence-electron chi connectivity index (χ3n) is 5.43. The quantitative estimate of drug-likeness (QED) is 0.335. The molecule has 0 aliphatic rings. The van der Waals surface area contributed by atoms with E-state index in [1.54, 1.807) is 13.2 Å². The number of oxazole rings is 1. The number of carbonyl (C=O) groups excluding carboxylic acids is 1. The molecule has 5 aromatic rings. The average molecular weight is 470 g/mol. The lowest BCUT2D eigenvalue weighted by molar-refractivity contribution is -0.116. The van der Waals surface area contributed by atoms with Gasteiger partial charge >= 0.3 is 0 Å². The Morgan fingerprint density at radius 2 is 1.91 bits per heavy atom. The van der Waals surface area contributed by atoms with Crippen LogP contribution in [-0.2, 0) is 4.79 Å². The molecule has 0 saturated carbocycles. The Bertz CT molecular complexity index is 1620. The minimum atomic E-state index is -0.176. The van der Waals surface area contributed by atoms with Crippen LogP contribution in [-0.4, -0.2) is 24.5 Å². The van der Waals surface area contributed by atoms with Gasteiger partial charge in [-0.3, -0.25) is 4.79 Å². The van der Waals surface area contributed by atoms with Gasteiger partial charge in [-0.05, 0) is 48.5 Å². The van der Waals surface area contributed by atoms with Gasteiger partial charge in [-0.25, -0.2) is 4.99 Å². The van der Waals surface area contributed by atoms with Crippen LogP contribution in [0, 0.1) is 0 Å². The van der Waals surface area contributed by atoms with E-state index in [1.165, 1.54) is 0 Å². The summed E-state index contributed by atoms with van der Waals surface area (Å²) in [6.07, 6.45) is 0.220. The Balaban J connectivity index is 1.70. The van der Waals surface area contributed by atoms with Crippen molar-refractivity contribution < 1.29 is 18.4 Å². The number of carbonyl (C=O) groups is 1. The van der Waals surface area contributed by atoms with Crippen LogP contribution in [0.5, 0.6) is 5.75 Å². The van der Waals surface area contributed by atoms with Gasteiger partial charge in [0, 0.05) is 30.0 Å². The van der Waals surface area contributed by atoms with Crippen molar-refractivity contribution in [3.05, 3.63) is 72.1 Å². The first kappa shape index (κ1) is 22.2. The standard InChI is InChI=1S/C26H23N5O4/c1-33-16-7-9-22-17(13-16)21(29-18-4-2-3-5-19(18)30-25(32)10-11-27)14-23(34-22)15-6-8-20-24(12-15)35-26(28)31-20/h2-9,12-14H,10-11,27H2,1H3,(H2,28,31)(H,30,32). The number of nitrogens with two attached hydrogens (primary N) is 2. The Morgan fingerprint density at radius 1 is 1.06 bits per heavy atom. The van der Waals surface area contributed by atoms with Gasteiger partial charge in [-0.2, -0.15) is 4.98 Å². The molecular weight excluding hydrogens is 446 g/mol. The van der Waals surface area contributed by atoms with Crippen LogP contribution < -0.4 is 26.9 Å². The van der Waals surface area contributed by atoms with Crippen molar-refractivity contribution in [1.29, 1.82) is 0 Å². The number of para-hydroxylation sites is 2. The van der Waals surface area contributed by atoms with Crippen molar-refractivity contribution in [2.75, 3.05) is 24.7 Å². The van der Waals surface area contributed by atoms with Crippen LogP contribution in [0.25, 0.3) is 33.4 Å². The van der Waals surface area contributed by atoms with E-state index in [0.717, 1.165) is 10.9 Å². The maximum absolute atomic E-state index is 12.2. The van der Waals surface area contributed by atoms with Gasteiger partial charge in [0.15, 0.2) is 5.58 Å². The number of hydrogen-bond donors (Lipinski definition) is 3. The summed E-state index contributed by atoms with van der Waals surface area (Å²) in [5.41, 5.74) is 15.0. The highest BCUT2D eigenvalue weighted by molar-refractivity contribution is 5.94. The number of methoxy groups -OCH3 is 1. The van der Waals surface area contributed by atoms with E-state index in [1.807, 2.05) is 60.7 Å². The molecule has 9 nitrogen and oxygen atoms in total. The number of aromatic nitrogens is 1. The molecule has 5 rings (SSSR count). The maximum atomic E-state index is 12.2. The van der Waals surface area contributed by atoms with Crippen LogP contribution >= 0.6 is 0 Å². The highest BCUT2D eigenvalue weighted by atomic mass is 16.5. The molecule has 0 spiro atoms. The molecule has 2 heterocycles. The molecule has 0 atom stereocenters. The molecule has 3 aromatic carbocycles. The first-order valence-electron chi connectivity index (χ1n) is 11.0. The van der Waals surface area contributed by atoms with Crippen LogP contribution in [0.4, 0.5) is 17.4 Å². The summed E-state index contributed by atoms with van der Waals surface area (Å²) >= 11 is 0. The predicted octanol–water partition coefficient (Wildman–Crippen LogP) is 4.35. The van der Waals surface area contributed by atoms with Crippen LogP contribution in [0.1, 0.15) is 6.42 Å². The molecule has 1 amide bonds. The monoisotopic (exact) mass is 469 g/mol. The molecule has 176 valence electrons. The Morgan fingerprint density at radius 3 is 2.74 bits per heavy atom. The van der Waals surface area contributed by atoms with Crippen molar-refractivity contribution in [3.63, 3.8) is 0 Å². The van der Waals surface area contributed by atoms with Gasteiger partial charge in [0.05, 0.1) is 23.8 Å². The highest BCUT2D eigenvalue weighted by Crippen LogP contribution is 2.29. The smallest absolute Gasteiger partial charge is 0.292 e. The molecule has 0 unspecified atom stereocenters. The fraction of sp³-hybridized carbons (Fsp3) is 0.115. The third kappa shape index (κ3) is 4.57. The topological polar surface area (TPSA) is 142 Å². The lowest BCUT2D eigenvalue weighted by Gasteiger charge is -2.09. The zero-order valence-corrected chi connectivity index (χ0v) is 18.9.